The predicted octanol–water partition coefficient (Wildman–Crippen LogP) is 5.64. The largest absolute Gasteiger partial charge is 0.478 e. The number of furan rings is 1. The molecule has 1 fully saturated rings. The van der Waals surface area contributed by atoms with Gasteiger partial charge in [-0.15, -0.1) is 0 Å². The van der Waals surface area contributed by atoms with E-state index in [1.54, 1.807) is 29.2 Å². The Kier molecular flexibility index (Phi) is 6.15. The van der Waals surface area contributed by atoms with Gasteiger partial charge >= 0.3 is 11.9 Å². The molecule has 174 valence electrons. The molecule has 0 atom stereocenters. The van der Waals surface area contributed by atoms with Crippen LogP contribution in [-0.4, -0.2) is 36.1 Å². The molecule has 1 aliphatic rings. The van der Waals surface area contributed by atoms with Crippen LogP contribution in [0.15, 0.2) is 34.7 Å². The van der Waals surface area contributed by atoms with Crippen LogP contribution in [-0.2, 0) is 9.53 Å². The summed E-state index contributed by atoms with van der Waals surface area (Å²) in [4.78, 5) is 39.6. The van der Waals surface area contributed by atoms with Crippen LogP contribution in [0.25, 0.3) is 21.9 Å². The Morgan fingerprint density at radius 3 is 2.30 bits per heavy atom. The highest BCUT2D eigenvalue weighted by molar-refractivity contribution is 6.13. The van der Waals surface area contributed by atoms with E-state index in [9.17, 15) is 19.5 Å². The Balaban J connectivity index is 1.90. The van der Waals surface area contributed by atoms with Crippen molar-refractivity contribution >= 4 is 45.5 Å². The van der Waals surface area contributed by atoms with Crippen LogP contribution in [0.4, 0.5) is 5.69 Å². The first-order chi connectivity index (χ1) is 15.7. The van der Waals surface area contributed by atoms with Gasteiger partial charge in [0.1, 0.15) is 11.2 Å². The minimum absolute atomic E-state index is 0.000397. The van der Waals surface area contributed by atoms with Gasteiger partial charge in [0.2, 0.25) is 5.91 Å². The lowest BCUT2D eigenvalue weighted by Crippen LogP contribution is -2.43. The lowest BCUT2D eigenvalue weighted by Gasteiger charge is -2.34. The quantitative estimate of drug-likeness (QED) is 0.504. The Morgan fingerprint density at radius 2 is 1.70 bits per heavy atom. The molecular weight excluding hydrogens is 422 g/mol. The standard InChI is InChI=1S/C26H29NO6/c1-14(2)27(24(28)16-7-5-15(3)6-8-16)21-12-19-18-11-17(25(29)30)9-10-22(18)33-23(19)13-20(21)26(31)32-4/h9-16H,5-8H2,1-4H3,(H,29,30). The highest BCUT2D eigenvalue weighted by Crippen LogP contribution is 2.38. The minimum Gasteiger partial charge on any atom is -0.478 e. The molecule has 2 aromatic carbocycles. The number of benzene rings is 2. The zero-order valence-electron chi connectivity index (χ0n) is 19.4. The molecular formula is C26H29NO6. The molecule has 1 N–H and O–H groups in total. The third kappa shape index (κ3) is 4.19. The van der Waals surface area contributed by atoms with E-state index in [1.165, 1.54) is 13.2 Å². The molecule has 0 bridgehead atoms. The van der Waals surface area contributed by atoms with Crippen LogP contribution in [0.3, 0.4) is 0 Å². The minimum atomic E-state index is -1.04. The van der Waals surface area contributed by atoms with Gasteiger partial charge in [-0.2, -0.15) is 0 Å². The highest BCUT2D eigenvalue weighted by atomic mass is 16.5. The number of carboxylic acids is 1. The second-order valence-electron chi connectivity index (χ2n) is 9.23. The van der Waals surface area contributed by atoms with Crippen molar-refractivity contribution in [2.24, 2.45) is 11.8 Å². The number of esters is 1. The van der Waals surface area contributed by atoms with E-state index in [0.29, 0.717) is 33.5 Å². The monoisotopic (exact) mass is 451 g/mol. The average Bonchev–Trinajstić information content (AvgIpc) is 3.15. The fourth-order valence-corrected chi connectivity index (χ4v) is 4.77. The van der Waals surface area contributed by atoms with Crippen molar-refractivity contribution in [3.63, 3.8) is 0 Å². The number of nitrogens with zero attached hydrogens (tertiary/aromatic N) is 1. The molecule has 1 aliphatic carbocycles. The number of rotatable bonds is 5. The van der Waals surface area contributed by atoms with Gasteiger partial charge in [0.25, 0.3) is 0 Å². The first-order valence-electron chi connectivity index (χ1n) is 11.4. The Bertz CT molecular complexity index is 1230. The maximum atomic E-state index is 13.7. The van der Waals surface area contributed by atoms with Gasteiger partial charge in [0.05, 0.1) is 23.9 Å². The zero-order valence-corrected chi connectivity index (χ0v) is 19.4. The molecule has 1 aromatic heterocycles. The number of carbonyl (C=O) groups is 3. The number of fused-ring (bicyclic) bond motifs is 3. The maximum absolute atomic E-state index is 13.7. The molecule has 33 heavy (non-hydrogen) atoms. The fraction of sp³-hybridized carbons (Fsp3) is 0.423. The summed E-state index contributed by atoms with van der Waals surface area (Å²) in [6, 6.07) is 7.78. The van der Waals surface area contributed by atoms with E-state index in [2.05, 4.69) is 6.92 Å². The molecule has 7 heteroatoms. The number of hydrogen-bond donors (Lipinski definition) is 1. The first kappa shape index (κ1) is 22.8. The van der Waals surface area contributed by atoms with E-state index in [1.807, 2.05) is 13.8 Å². The van der Waals surface area contributed by atoms with E-state index < -0.39 is 11.9 Å². The van der Waals surface area contributed by atoms with E-state index >= 15 is 0 Å². The molecule has 0 aliphatic heterocycles. The predicted molar refractivity (Wildman–Crippen MR) is 126 cm³/mol. The lowest BCUT2D eigenvalue weighted by atomic mass is 9.82. The number of anilines is 1. The van der Waals surface area contributed by atoms with Crippen LogP contribution in [0, 0.1) is 11.8 Å². The summed E-state index contributed by atoms with van der Waals surface area (Å²) >= 11 is 0. The smallest absolute Gasteiger partial charge is 0.340 e. The number of amides is 1. The van der Waals surface area contributed by atoms with Gasteiger partial charge in [-0.3, -0.25) is 4.79 Å². The molecule has 0 spiro atoms. The number of methoxy groups -OCH3 is 1. The van der Waals surface area contributed by atoms with Crippen molar-refractivity contribution in [2.75, 3.05) is 12.0 Å². The number of hydrogen-bond acceptors (Lipinski definition) is 5. The maximum Gasteiger partial charge on any atom is 0.340 e. The average molecular weight is 452 g/mol. The Morgan fingerprint density at radius 1 is 1.03 bits per heavy atom. The van der Waals surface area contributed by atoms with Gasteiger partial charge in [0, 0.05) is 22.7 Å². The summed E-state index contributed by atoms with van der Waals surface area (Å²) in [5, 5.41) is 10.7. The van der Waals surface area contributed by atoms with Crippen molar-refractivity contribution < 1.29 is 28.6 Å². The van der Waals surface area contributed by atoms with Gasteiger partial charge in [-0.1, -0.05) is 6.92 Å². The third-order valence-electron chi connectivity index (χ3n) is 6.62. The van der Waals surface area contributed by atoms with E-state index in [0.717, 1.165) is 25.7 Å². The van der Waals surface area contributed by atoms with E-state index in [-0.39, 0.29) is 29.0 Å². The van der Waals surface area contributed by atoms with Crippen molar-refractivity contribution in [3.8, 4) is 0 Å². The number of aromatic carboxylic acids is 1. The SMILES string of the molecule is COC(=O)c1cc2oc3ccc(C(=O)O)cc3c2cc1N(C(=O)C1CCC(C)CC1)C(C)C. The molecule has 0 saturated heterocycles. The summed E-state index contributed by atoms with van der Waals surface area (Å²) in [7, 11) is 1.30. The third-order valence-corrected chi connectivity index (χ3v) is 6.62. The molecule has 4 rings (SSSR count). The van der Waals surface area contributed by atoms with Crippen LogP contribution in [0.1, 0.15) is 67.2 Å². The molecule has 1 saturated carbocycles. The normalized spacial score (nSPS) is 18.6. The number of carboxylic acid groups (broad SMARTS) is 1. The second-order valence-corrected chi connectivity index (χ2v) is 9.23. The molecule has 1 heterocycles. The molecule has 1 amide bonds. The Labute approximate surface area is 192 Å². The van der Waals surface area contributed by atoms with Crippen molar-refractivity contribution in [1.29, 1.82) is 0 Å². The number of carbonyl (C=O) groups excluding carboxylic acids is 2. The van der Waals surface area contributed by atoms with Crippen molar-refractivity contribution in [2.45, 2.75) is 52.5 Å². The van der Waals surface area contributed by atoms with Crippen LogP contribution in [0.2, 0.25) is 0 Å². The van der Waals surface area contributed by atoms with Gasteiger partial charge < -0.3 is 19.2 Å². The van der Waals surface area contributed by atoms with Crippen molar-refractivity contribution in [1.82, 2.24) is 0 Å². The summed E-state index contributed by atoms with van der Waals surface area (Å²) in [6.07, 6.45) is 3.68. The van der Waals surface area contributed by atoms with Crippen LogP contribution >= 0.6 is 0 Å². The zero-order chi connectivity index (χ0) is 23.9. The van der Waals surface area contributed by atoms with Gasteiger partial charge in [0.15, 0.2) is 0 Å². The van der Waals surface area contributed by atoms with Crippen LogP contribution in [0.5, 0.6) is 0 Å². The molecule has 0 radical (unpaired) electrons. The molecule has 7 nitrogen and oxygen atoms in total. The van der Waals surface area contributed by atoms with E-state index in [4.69, 9.17) is 9.15 Å². The fourth-order valence-electron chi connectivity index (χ4n) is 4.77. The highest BCUT2D eigenvalue weighted by Gasteiger charge is 2.33. The molecule has 3 aromatic rings. The summed E-state index contributed by atoms with van der Waals surface area (Å²) < 4.78 is 10.9. The lowest BCUT2D eigenvalue weighted by molar-refractivity contribution is -0.123. The van der Waals surface area contributed by atoms with Gasteiger partial charge in [-0.05, 0) is 75.8 Å². The summed E-state index contributed by atoms with van der Waals surface area (Å²) in [6.45, 7) is 6.05. The molecule has 0 unspecified atom stereocenters. The van der Waals surface area contributed by atoms with Gasteiger partial charge in [-0.25, -0.2) is 9.59 Å². The van der Waals surface area contributed by atoms with Crippen LogP contribution < -0.4 is 4.90 Å². The topological polar surface area (TPSA) is 97.0 Å². The summed E-state index contributed by atoms with van der Waals surface area (Å²) in [5.74, 6) is -1.08. The Hall–Kier alpha value is -3.35. The van der Waals surface area contributed by atoms with Crippen molar-refractivity contribution in [3.05, 3.63) is 41.5 Å². The summed E-state index contributed by atoms with van der Waals surface area (Å²) in [5.41, 5.74) is 1.77. The number of ether oxygens (including phenoxy) is 1. The first-order valence-corrected chi connectivity index (χ1v) is 11.4. The second kappa shape index (κ2) is 8.89.